The van der Waals surface area contributed by atoms with Gasteiger partial charge in [0.25, 0.3) is 0 Å². The summed E-state index contributed by atoms with van der Waals surface area (Å²) >= 11 is 0. The number of Topliss-reactive ketones (excluding diaryl/α,β-unsaturated/α-hetero) is 1. The highest BCUT2D eigenvalue weighted by Gasteiger charge is 2.29. The molecular formula is C21H27N3O2. The molecule has 3 rings (SSSR count). The van der Waals surface area contributed by atoms with Crippen LogP contribution < -0.4 is 5.32 Å². The van der Waals surface area contributed by atoms with Crippen LogP contribution in [0.5, 0.6) is 0 Å². The number of hydrogen-bond donors (Lipinski definition) is 1. The molecule has 5 nitrogen and oxygen atoms in total. The number of amides is 1. The Morgan fingerprint density at radius 1 is 1.19 bits per heavy atom. The lowest BCUT2D eigenvalue weighted by Crippen LogP contribution is -2.46. The van der Waals surface area contributed by atoms with Gasteiger partial charge in [0, 0.05) is 18.9 Å². The number of aromatic nitrogens is 1. The summed E-state index contributed by atoms with van der Waals surface area (Å²) in [7, 11) is 2.04. The van der Waals surface area contributed by atoms with Crippen molar-refractivity contribution in [3.05, 3.63) is 59.9 Å². The highest BCUT2D eigenvalue weighted by Crippen LogP contribution is 2.31. The van der Waals surface area contributed by atoms with Gasteiger partial charge in [-0.25, -0.2) is 0 Å². The van der Waals surface area contributed by atoms with E-state index < -0.39 is 6.04 Å². The van der Waals surface area contributed by atoms with Crippen LogP contribution in [0.2, 0.25) is 0 Å². The number of carbonyl (C=O) groups excluding carboxylic acids is 2. The lowest BCUT2D eigenvalue weighted by molar-refractivity contribution is -0.127. The van der Waals surface area contributed by atoms with E-state index in [-0.39, 0.29) is 17.7 Å². The van der Waals surface area contributed by atoms with E-state index in [1.54, 1.807) is 0 Å². The smallest absolute Gasteiger partial charge is 0.234 e. The molecule has 138 valence electrons. The summed E-state index contributed by atoms with van der Waals surface area (Å²) in [5.74, 6) is -0.0927. The molecule has 0 saturated carbocycles. The second-order valence-corrected chi connectivity index (χ2v) is 7.09. The molecule has 1 N–H and O–H groups in total. The number of benzene rings is 1. The number of nitrogens with zero attached hydrogens (tertiary/aromatic N) is 2. The Kier molecular flexibility index (Phi) is 5.89. The highest BCUT2D eigenvalue weighted by atomic mass is 16.2. The zero-order valence-corrected chi connectivity index (χ0v) is 15.5. The minimum Gasteiger partial charge on any atom is -0.353 e. The fraction of sp³-hybridized carbons (Fsp3) is 0.429. The van der Waals surface area contributed by atoms with Crippen LogP contribution in [-0.4, -0.2) is 40.3 Å². The quantitative estimate of drug-likeness (QED) is 0.832. The van der Waals surface area contributed by atoms with Gasteiger partial charge in [-0.1, -0.05) is 30.3 Å². The van der Waals surface area contributed by atoms with E-state index in [0.717, 1.165) is 24.9 Å². The van der Waals surface area contributed by atoms with Crippen molar-refractivity contribution in [2.24, 2.45) is 7.05 Å². The van der Waals surface area contributed by atoms with E-state index in [9.17, 15) is 9.59 Å². The second-order valence-electron chi connectivity index (χ2n) is 7.09. The van der Waals surface area contributed by atoms with Crippen molar-refractivity contribution in [3.63, 3.8) is 0 Å². The highest BCUT2D eigenvalue weighted by molar-refractivity contribution is 5.88. The first-order valence-electron chi connectivity index (χ1n) is 9.23. The normalized spacial score (nSPS) is 18.6. The predicted molar refractivity (Wildman–Crippen MR) is 102 cm³/mol. The largest absolute Gasteiger partial charge is 0.353 e. The molecule has 0 bridgehead atoms. The summed E-state index contributed by atoms with van der Waals surface area (Å²) in [6.07, 6.45) is 4.72. The Balaban J connectivity index is 1.61. The van der Waals surface area contributed by atoms with Crippen LogP contribution in [0.15, 0.2) is 48.7 Å². The third-order valence-electron chi connectivity index (χ3n) is 5.14. The van der Waals surface area contributed by atoms with Gasteiger partial charge in [-0.2, -0.15) is 0 Å². The number of hydrogen-bond acceptors (Lipinski definition) is 3. The average Bonchev–Trinajstić information content (AvgIpc) is 3.23. The molecule has 2 aromatic rings. The number of carbonyl (C=O) groups is 2. The van der Waals surface area contributed by atoms with Crippen molar-refractivity contribution in [1.29, 1.82) is 0 Å². The summed E-state index contributed by atoms with van der Waals surface area (Å²) in [5, 5.41) is 2.94. The van der Waals surface area contributed by atoms with Crippen molar-refractivity contribution in [3.8, 4) is 0 Å². The minimum atomic E-state index is -0.471. The van der Waals surface area contributed by atoms with Crippen molar-refractivity contribution in [2.75, 3.05) is 13.1 Å². The van der Waals surface area contributed by atoms with E-state index in [1.165, 1.54) is 12.6 Å². The molecule has 5 heteroatoms. The fourth-order valence-electron chi connectivity index (χ4n) is 3.74. The van der Waals surface area contributed by atoms with Gasteiger partial charge in [0.15, 0.2) is 5.78 Å². The predicted octanol–water partition coefficient (Wildman–Crippen LogP) is 2.48. The van der Waals surface area contributed by atoms with Gasteiger partial charge in [-0.15, -0.1) is 0 Å². The van der Waals surface area contributed by atoms with Crippen LogP contribution in [0.4, 0.5) is 0 Å². The Morgan fingerprint density at radius 2 is 1.96 bits per heavy atom. The maximum atomic E-state index is 12.6. The third-order valence-corrected chi connectivity index (χ3v) is 5.14. The molecule has 0 spiro atoms. The molecule has 1 saturated heterocycles. The third kappa shape index (κ3) is 4.41. The first kappa shape index (κ1) is 18.4. The van der Waals surface area contributed by atoms with E-state index in [4.69, 9.17) is 0 Å². The lowest BCUT2D eigenvalue weighted by Gasteiger charge is -2.25. The molecule has 0 radical (unpaired) electrons. The van der Waals surface area contributed by atoms with Crippen LogP contribution >= 0.6 is 0 Å². The van der Waals surface area contributed by atoms with Gasteiger partial charge in [-0.3, -0.25) is 14.5 Å². The van der Waals surface area contributed by atoms with Gasteiger partial charge < -0.3 is 9.88 Å². The molecule has 26 heavy (non-hydrogen) atoms. The van der Waals surface area contributed by atoms with Crippen molar-refractivity contribution < 1.29 is 9.59 Å². The summed E-state index contributed by atoms with van der Waals surface area (Å²) < 4.78 is 2.12. The minimum absolute atomic E-state index is 0.0115. The van der Waals surface area contributed by atoms with Gasteiger partial charge in [0.05, 0.1) is 18.6 Å². The zero-order chi connectivity index (χ0) is 18.5. The Hall–Kier alpha value is -2.40. The van der Waals surface area contributed by atoms with Gasteiger partial charge in [-0.05, 0) is 50.4 Å². The molecule has 2 atom stereocenters. The van der Waals surface area contributed by atoms with Crippen molar-refractivity contribution in [1.82, 2.24) is 14.8 Å². The van der Waals surface area contributed by atoms with Crippen LogP contribution in [-0.2, 0) is 23.1 Å². The van der Waals surface area contributed by atoms with Crippen LogP contribution in [0.1, 0.15) is 37.1 Å². The zero-order valence-electron chi connectivity index (χ0n) is 15.5. The van der Waals surface area contributed by atoms with Crippen LogP contribution in [0.25, 0.3) is 0 Å². The molecule has 1 aromatic heterocycles. The Labute approximate surface area is 155 Å². The van der Waals surface area contributed by atoms with E-state index in [1.807, 2.05) is 49.6 Å². The first-order valence-corrected chi connectivity index (χ1v) is 9.23. The molecule has 0 aliphatic carbocycles. The van der Waals surface area contributed by atoms with Gasteiger partial charge in [0.2, 0.25) is 5.91 Å². The number of likely N-dealkylation sites (tertiary alicyclic amines) is 1. The summed E-state index contributed by atoms with van der Waals surface area (Å²) in [6.45, 7) is 2.78. The lowest BCUT2D eigenvalue weighted by atomic mass is 10.0. The Bertz CT molecular complexity index is 754. The summed E-state index contributed by atoms with van der Waals surface area (Å²) in [6, 6.07) is 13.8. The van der Waals surface area contributed by atoms with Crippen molar-refractivity contribution in [2.45, 2.75) is 38.3 Å². The number of aryl methyl sites for hydroxylation is 1. The molecule has 1 aromatic carbocycles. The van der Waals surface area contributed by atoms with E-state index in [0.29, 0.717) is 13.0 Å². The standard InChI is InChI=1S/C21H27N3O2/c1-16(25)18(14-17-8-4-3-5-9-17)22-21(26)15-24-13-7-11-20(24)19-10-6-12-23(19)2/h3-6,8-10,12,18,20H,7,11,13-15H2,1-2H3,(H,22,26)/t18-,20+/m0/s1. The molecule has 1 aliphatic heterocycles. The van der Waals surface area contributed by atoms with E-state index >= 15 is 0 Å². The molecule has 2 heterocycles. The molecule has 1 fully saturated rings. The first-order chi connectivity index (χ1) is 12.5. The molecule has 1 aliphatic rings. The topological polar surface area (TPSA) is 54.3 Å². The summed E-state index contributed by atoms with van der Waals surface area (Å²) in [4.78, 5) is 26.8. The monoisotopic (exact) mass is 353 g/mol. The molecular weight excluding hydrogens is 326 g/mol. The maximum Gasteiger partial charge on any atom is 0.234 e. The van der Waals surface area contributed by atoms with Gasteiger partial charge in [0.1, 0.15) is 0 Å². The van der Waals surface area contributed by atoms with Crippen LogP contribution in [0, 0.1) is 0 Å². The van der Waals surface area contributed by atoms with Gasteiger partial charge >= 0.3 is 0 Å². The van der Waals surface area contributed by atoms with Crippen molar-refractivity contribution >= 4 is 11.7 Å². The van der Waals surface area contributed by atoms with E-state index in [2.05, 4.69) is 20.9 Å². The summed E-state index contributed by atoms with van der Waals surface area (Å²) in [5.41, 5.74) is 2.29. The number of ketones is 1. The van der Waals surface area contributed by atoms with Crippen LogP contribution in [0.3, 0.4) is 0 Å². The Morgan fingerprint density at radius 3 is 2.62 bits per heavy atom. The molecule has 1 amide bonds. The average molecular weight is 353 g/mol. The fourth-order valence-corrected chi connectivity index (χ4v) is 3.74. The maximum absolute atomic E-state index is 12.6. The second kappa shape index (κ2) is 8.32. The number of nitrogens with one attached hydrogen (secondary N) is 1. The molecule has 0 unspecified atom stereocenters. The SMILES string of the molecule is CC(=O)[C@H](Cc1ccccc1)NC(=O)CN1CCC[C@@H]1c1cccn1C. The number of rotatable bonds is 7.